The van der Waals surface area contributed by atoms with E-state index >= 15 is 0 Å². The van der Waals surface area contributed by atoms with Crippen LogP contribution >= 0.6 is 23.2 Å². The van der Waals surface area contributed by atoms with Gasteiger partial charge in [-0.25, -0.2) is 8.42 Å². The van der Waals surface area contributed by atoms with E-state index in [0.717, 1.165) is 5.41 Å². The van der Waals surface area contributed by atoms with Crippen LogP contribution < -0.4 is 10.0 Å². The van der Waals surface area contributed by atoms with Gasteiger partial charge in [-0.05, 0) is 48.9 Å². The number of aromatic nitrogens is 1. The fourth-order valence-corrected chi connectivity index (χ4v) is 3.55. The zero-order chi connectivity index (χ0) is 21.0. The number of aryl methyl sites for hydroxylation is 1. The Morgan fingerprint density at radius 3 is 2.52 bits per heavy atom. The topological polar surface area (TPSA) is 101 Å². The molecule has 150 valence electrons. The van der Waals surface area contributed by atoms with E-state index in [1.54, 1.807) is 37.3 Å². The summed E-state index contributed by atoms with van der Waals surface area (Å²) in [7, 11) is -3.85. The fourth-order valence-electron chi connectivity index (χ4n) is 2.33. The van der Waals surface area contributed by atoms with Crippen molar-refractivity contribution in [2.75, 3.05) is 10.0 Å². The molecule has 10 heteroatoms. The van der Waals surface area contributed by atoms with Crippen molar-refractivity contribution in [3.05, 3.63) is 81.0 Å². The molecule has 0 saturated carbocycles. The SMILES string of the molecule is Cc1oncc1C(=O)Nc1ccc(Cl)c(NS(=O)(=O)/C=C/c2ccc(Cl)cc2)c1. The van der Waals surface area contributed by atoms with Gasteiger partial charge in [0.05, 0.1) is 22.3 Å². The summed E-state index contributed by atoms with van der Waals surface area (Å²) in [4.78, 5) is 12.3. The number of amides is 1. The quantitative estimate of drug-likeness (QED) is 0.551. The lowest BCUT2D eigenvalue weighted by atomic mass is 10.2. The number of rotatable bonds is 6. The Morgan fingerprint density at radius 2 is 1.86 bits per heavy atom. The third-order valence-corrected chi connectivity index (χ3v) is 5.36. The highest BCUT2D eigenvalue weighted by atomic mass is 35.5. The van der Waals surface area contributed by atoms with E-state index in [0.29, 0.717) is 22.0 Å². The molecule has 0 atom stereocenters. The van der Waals surface area contributed by atoms with Gasteiger partial charge in [0.2, 0.25) is 0 Å². The molecule has 0 saturated heterocycles. The van der Waals surface area contributed by atoms with Gasteiger partial charge in [-0.15, -0.1) is 0 Å². The van der Waals surface area contributed by atoms with Crippen molar-refractivity contribution in [3.63, 3.8) is 0 Å². The van der Waals surface area contributed by atoms with Crippen LogP contribution in [0.3, 0.4) is 0 Å². The summed E-state index contributed by atoms with van der Waals surface area (Å²) in [5.41, 5.74) is 1.40. The molecule has 3 rings (SSSR count). The third kappa shape index (κ3) is 5.60. The molecule has 0 fully saturated rings. The number of sulfonamides is 1. The number of hydrogen-bond acceptors (Lipinski definition) is 5. The van der Waals surface area contributed by atoms with Crippen LogP contribution in [0.2, 0.25) is 10.0 Å². The van der Waals surface area contributed by atoms with Crippen LogP contribution in [0.25, 0.3) is 6.08 Å². The summed E-state index contributed by atoms with van der Waals surface area (Å²) in [5.74, 6) is -0.0766. The van der Waals surface area contributed by atoms with Gasteiger partial charge in [-0.3, -0.25) is 9.52 Å². The van der Waals surface area contributed by atoms with Crippen LogP contribution in [0.4, 0.5) is 11.4 Å². The summed E-state index contributed by atoms with van der Waals surface area (Å²) in [6.45, 7) is 1.61. The highest BCUT2D eigenvalue weighted by Gasteiger charge is 2.15. The molecule has 3 aromatic rings. The number of nitrogens with zero attached hydrogens (tertiary/aromatic N) is 1. The molecule has 0 aliphatic carbocycles. The average Bonchev–Trinajstić information content (AvgIpc) is 3.10. The second-order valence-corrected chi connectivity index (χ2v) is 8.36. The molecule has 1 heterocycles. The zero-order valence-electron chi connectivity index (χ0n) is 15.0. The molecule has 0 spiro atoms. The van der Waals surface area contributed by atoms with Crippen LogP contribution in [0, 0.1) is 6.92 Å². The highest BCUT2D eigenvalue weighted by molar-refractivity contribution is 7.95. The molecule has 7 nitrogen and oxygen atoms in total. The van der Waals surface area contributed by atoms with Gasteiger partial charge in [-0.2, -0.15) is 0 Å². The Kier molecular flexibility index (Phi) is 6.26. The van der Waals surface area contributed by atoms with Gasteiger partial charge >= 0.3 is 0 Å². The first kappa shape index (κ1) is 20.9. The number of benzene rings is 2. The molecule has 0 bridgehead atoms. The van der Waals surface area contributed by atoms with Crippen LogP contribution in [0.15, 0.2) is 58.6 Å². The van der Waals surface area contributed by atoms with Crippen molar-refractivity contribution < 1.29 is 17.7 Å². The zero-order valence-corrected chi connectivity index (χ0v) is 17.3. The summed E-state index contributed by atoms with van der Waals surface area (Å²) < 4.78 is 32.0. The van der Waals surface area contributed by atoms with E-state index in [4.69, 9.17) is 27.7 Å². The Balaban J connectivity index is 1.76. The van der Waals surface area contributed by atoms with E-state index in [2.05, 4.69) is 15.2 Å². The Bertz CT molecular complexity index is 1170. The van der Waals surface area contributed by atoms with E-state index in [1.807, 2.05) is 0 Å². The average molecular weight is 452 g/mol. The smallest absolute Gasteiger partial charge is 0.260 e. The number of hydrogen-bond donors (Lipinski definition) is 2. The third-order valence-electron chi connectivity index (χ3n) is 3.78. The molecule has 0 unspecified atom stereocenters. The summed E-state index contributed by atoms with van der Waals surface area (Å²) >= 11 is 11.9. The monoisotopic (exact) mass is 451 g/mol. The van der Waals surface area contributed by atoms with Gasteiger partial charge in [0, 0.05) is 10.7 Å². The maximum Gasteiger partial charge on any atom is 0.260 e. The first-order valence-corrected chi connectivity index (χ1v) is 10.5. The molecule has 2 aromatic carbocycles. The van der Waals surface area contributed by atoms with Crippen molar-refractivity contribution >= 4 is 56.6 Å². The Hall–Kier alpha value is -2.81. The summed E-state index contributed by atoms with van der Waals surface area (Å²) in [5, 5.41) is 7.93. The predicted octanol–water partition coefficient (Wildman–Crippen LogP) is 4.95. The maximum absolute atomic E-state index is 12.4. The number of carbonyl (C=O) groups excluding carboxylic acids is 1. The van der Waals surface area contributed by atoms with Crippen LogP contribution in [0.1, 0.15) is 21.7 Å². The highest BCUT2D eigenvalue weighted by Crippen LogP contribution is 2.27. The molecular formula is C19H15Cl2N3O4S. The second-order valence-electron chi connectivity index (χ2n) is 5.95. The van der Waals surface area contributed by atoms with Gasteiger partial charge in [-0.1, -0.05) is 40.5 Å². The summed E-state index contributed by atoms with van der Waals surface area (Å²) in [6.07, 6.45) is 2.72. The Morgan fingerprint density at radius 1 is 1.14 bits per heavy atom. The molecule has 0 aliphatic heterocycles. The van der Waals surface area contributed by atoms with Gasteiger partial charge in [0.1, 0.15) is 11.3 Å². The molecule has 2 N–H and O–H groups in total. The van der Waals surface area contributed by atoms with Crippen molar-refractivity contribution in [2.45, 2.75) is 6.92 Å². The molecule has 0 aliphatic rings. The van der Waals surface area contributed by atoms with Crippen LogP contribution in [-0.4, -0.2) is 19.5 Å². The minimum atomic E-state index is -3.85. The minimum Gasteiger partial charge on any atom is -0.361 e. The Labute approximate surface area is 177 Å². The normalized spacial score (nSPS) is 11.6. The molecule has 29 heavy (non-hydrogen) atoms. The lowest BCUT2D eigenvalue weighted by molar-refractivity contribution is 0.102. The van der Waals surface area contributed by atoms with Crippen molar-refractivity contribution in [3.8, 4) is 0 Å². The van der Waals surface area contributed by atoms with Gasteiger partial charge in [0.25, 0.3) is 15.9 Å². The van der Waals surface area contributed by atoms with E-state index in [-0.39, 0.29) is 16.3 Å². The van der Waals surface area contributed by atoms with Crippen LogP contribution in [-0.2, 0) is 10.0 Å². The fraction of sp³-hybridized carbons (Fsp3) is 0.0526. The molecule has 1 amide bonds. The first-order chi connectivity index (χ1) is 13.7. The number of nitrogens with one attached hydrogen (secondary N) is 2. The van der Waals surface area contributed by atoms with Crippen LogP contribution in [0.5, 0.6) is 0 Å². The van der Waals surface area contributed by atoms with E-state index in [1.165, 1.54) is 24.4 Å². The lowest BCUT2D eigenvalue weighted by Crippen LogP contribution is -2.13. The lowest BCUT2D eigenvalue weighted by Gasteiger charge is -2.10. The molecule has 1 aromatic heterocycles. The summed E-state index contributed by atoms with van der Waals surface area (Å²) in [6, 6.07) is 11.1. The van der Waals surface area contributed by atoms with Gasteiger partial charge in [0.15, 0.2) is 0 Å². The largest absolute Gasteiger partial charge is 0.361 e. The van der Waals surface area contributed by atoms with Gasteiger partial charge < -0.3 is 9.84 Å². The predicted molar refractivity (Wildman–Crippen MR) is 114 cm³/mol. The standard InChI is InChI=1S/C19H15Cl2N3O4S/c1-12-16(11-22-28-12)19(25)23-15-6-7-17(21)18(10-15)24-29(26,27)9-8-13-2-4-14(20)5-3-13/h2-11,24H,1H3,(H,23,25)/b9-8+. The minimum absolute atomic E-state index is 0.118. The maximum atomic E-state index is 12.4. The first-order valence-electron chi connectivity index (χ1n) is 8.22. The van der Waals surface area contributed by atoms with E-state index in [9.17, 15) is 13.2 Å². The second kappa shape index (κ2) is 8.69. The molecular weight excluding hydrogens is 437 g/mol. The van der Waals surface area contributed by atoms with Crippen molar-refractivity contribution in [2.24, 2.45) is 0 Å². The van der Waals surface area contributed by atoms with E-state index < -0.39 is 15.9 Å². The number of halogens is 2. The van der Waals surface area contributed by atoms with Crippen molar-refractivity contribution in [1.82, 2.24) is 5.16 Å². The number of anilines is 2. The number of carbonyl (C=O) groups is 1. The van der Waals surface area contributed by atoms with Crippen molar-refractivity contribution in [1.29, 1.82) is 0 Å². The molecule has 0 radical (unpaired) electrons.